The fourth-order valence-corrected chi connectivity index (χ4v) is 3.25. The van der Waals surface area contributed by atoms with Gasteiger partial charge in [-0.3, -0.25) is 0 Å². The molecule has 0 aromatic rings. The van der Waals surface area contributed by atoms with Crippen molar-refractivity contribution in [2.75, 3.05) is 19.7 Å². The van der Waals surface area contributed by atoms with E-state index < -0.39 is 5.60 Å². The third-order valence-electron chi connectivity index (χ3n) is 4.40. The summed E-state index contributed by atoms with van der Waals surface area (Å²) in [5, 5.41) is 3.70. The lowest BCUT2D eigenvalue weighted by Gasteiger charge is -2.27. The van der Waals surface area contributed by atoms with Gasteiger partial charge in [0.05, 0.1) is 6.10 Å². The molecule has 128 valence electrons. The van der Waals surface area contributed by atoms with Crippen molar-refractivity contribution in [2.24, 2.45) is 0 Å². The van der Waals surface area contributed by atoms with Gasteiger partial charge in [-0.1, -0.05) is 0 Å². The summed E-state index contributed by atoms with van der Waals surface area (Å²) >= 11 is 0. The number of likely N-dealkylation sites (tertiary alicyclic amines) is 1. The van der Waals surface area contributed by atoms with Gasteiger partial charge in [0.25, 0.3) is 0 Å². The molecule has 0 aromatic carbocycles. The zero-order valence-corrected chi connectivity index (χ0v) is 14.6. The number of ether oxygens (including phenoxy) is 2. The molecule has 1 amide bonds. The van der Waals surface area contributed by atoms with Gasteiger partial charge >= 0.3 is 6.09 Å². The molecule has 2 aliphatic rings. The predicted octanol–water partition coefficient (Wildman–Crippen LogP) is 2.93. The highest BCUT2D eigenvalue weighted by Crippen LogP contribution is 2.19. The lowest BCUT2D eigenvalue weighted by molar-refractivity contribution is 0.0255. The van der Waals surface area contributed by atoms with Crippen LogP contribution in [0.25, 0.3) is 0 Å². The summed E-state index contributed by atoms with van der Waals surface area (Å²) in [6.07, 6.45) is 5.62. The molecular formula is C17H32N2O3. The van der Waals surface area contributed by atoms with Crippen LogP contribution in [0.5, 0.6) is 0 Å². The number of nitrogens with one attached hydrogen (secondary N) is 1. The van der Waals surface area contributed by atoms with E-state index in [2.05, 4.69) is 12.2 Å². The Morgan fingerprint density at radius 2 is 2.00 bits per heavy atom. The minimum absolute atomic E-state index is 0.180. The summed E-state index contributed by atoms with van der Waals surface area (Å²) in [5.74, 6) is 0. The second-order valence-corrected chi connectivity index (χ2v) is 7.60. The maximum atomic E-state index is 12.2. The van der Waals surface area contributed by atoms with E-state index in [1.54, 1.807) is 0 Å². The Balaban J connectivity index is 1.78. The Morgan fingerprint density at radius 3 is 2.64 bits per heavy atom. The molecule has 0 aromatic heterocycles. The summed E-state index contributed by atoms with van der Waals surface area (Å²) in [6.45, 7) is 10.4. The third kappa shape index (κ3) is 5.43. The van der Waals surface area contributed by atoms with Gasteiger partial charge < -0.3 is 19.7 Å². The zero-order chi connectivity index (χ0) is 16.2. The molecule has 0 saturated carbocycles. The first-order chi connectivity index (χ1) is 10.3. The molecule has 2 aliphatic heterocycles. The first-order valence-electron chi connectivity index (χ1n) is 8.71. The van der Waals surface area contributed by atoms with Crippen LogP contribution in [-0.2, 0) is 9.47 Å². The van der Waals surface area contributed by atoms with Crippen LogP contribution in [0.4, 0.5) is 4.79 Å². The minimum atomic E-state index is -0.421. The quantitative estimate of drug-likeness (QED) is 0.870. The number of hydrogen-bond acceptors (Lipinski definition) is 4. The monoisotopic (exact) mass is 312 g/mol. The van der Waals surface area contributed by atoms with Gasteiger partial charge in [-0.05, 0) is 59.8 Å². The molecule has 2 saturated heterocycles. The van der Waals surface area contributed by atoms with E-state index in [-0.39, 0.29) is 6.09 Å². The van der Waals surface area contributed by atoms with Gasteiger partial charge in [-0.25, -0.2) is 4.79 Å². The number of carbonyl (C=O) groups is 1. The number of hydrogen-bond donors (Lipinski definition) is 1. The molecule has 0 spiro atoms. The van der Waals surface area contributed by atoms with Crippen LogP contribution in [0.15, 0.2) is 0 Å². The largest absolute Gasteiger partial charge is 0.444 e. The fraction of sp³-hybridized carbons (Fsp3) is 0.941. The van der Waals surface area contributed by atoms with E-state index in [1.807, 2.05) is 25.7 Å². The van der Waals surface area contributed by atoms with Crippen LogP contribution in [0.3, 0.4) is 0 Å². The topological polar surface area (TPSA) is 50.8 Å². The van der Waals surface area contributed by atoms with Crippen LogP contribution in [0.2, 0.25) is 0 Å². The van der Waals surface area contributed by atoms with Crippen molar-refractivity contribution >= 4 is 6.09 Å². The number of nitrogens with zero attached hydrogens (tertiary/aromatic N) is 1. The van der Waals surface area contributed by atoms with Crippen LogP contribution < -0.4 is 5.32 Å². The summed E-state index contributed by atoms with van der Waals surface area (Å²) in [4.78, 5) is 14.0. The Bertz CT molecular complexity index is 361. The average Bonchev–Trinajstić information content (AvgIpc) is 2.84. The molecule has 22 heavy (non-hydrogen) atoms. The maximum absolute atomic E-state index is 12.2. The second kappa shape index (κ2) is 7.64. The summed E-state index contributed by atoms with van der Waals surface area (Å²) in [7, 11) is 0. The second-order valence-electron chi connectivity index (χ2n) is 7.60. The summed E-state index contributed by atoms with van der Waals surface area (Å²) in [5.41, 5.74) is -0.421. The smallest absolute Gasteiger partial charge is 0.410 e. The third-order valence-corrected chi connectivity index (χ3v) is 4.40. The molecule has 3 atom stereocenters. The molecule has 0 bridgehead atoms. The predicted molar refractivity (Wildman–Crippen MR) is 87.0 cm³/mol. The normalized spacial score (nSPS) is 28.3. The van der Waals surface area contributed by atoms with Gasteiger partial charge in [0.15, 0.2) is 0 Å². The van der Waals surface area contributed by atoms with Crippen molar-refractivity contribution < 1.29 is 14.3 Å². The molecule has 0 radical (unpaired) electrons. The lowest BCUT2D eigenvalue weighted by Crippen LogP contribution is -2.44. The number of rotatable bonds is 3. The Labute approximate surface area is 134 Å². The van der Waals surface area contributed by atoms with Crippen molar-refractivity contribution in [1.29, 1.82) is 0 Å². The molecule has 1 N–H and O–H groups in total. The van der Waals surface area contributed by atoms with Gasteiger partial charge in [-0.15, -0.1) is 0 Å². The Kier molecular flexibility index (Phi) is 6.09. The molecule has 2 fully saturated rings. The Morgan fingerprint density at radius 1 is 1.23 bits per heavy atom. The highest BCUT2D eigenvalue weighted by molar-refractivity contribution is 5.68. The SMILES string of the molecule is CC(NC1CCCN(C(=O)OC(C)(C)C)CC1)C1CCCO1. The van der Waals surface area contributed by atoms with Gasteiger partial charge in [0, 0.05) is 31.8 Å². The summed E-state index contributed by atoms with van der Waals surface area (Å²) in [6, 6.07) is 0.854. The van der Waals surface area contributed by atoms with Crippen molar-refractivity contribution in [3.63, 3.8) is 0 Å². The van der Waals surface area contributed by atoms with Crippen LogP contribution >= 0.6 is 0 Å². The number of carbonyl (C=O) groups excluding carboxylic acids is 1. The fourth-order valence-electron chi connectivity index (χ4n) is 3.25. The first kappa shape index (κ1) is 17.5. The molecule has 5 nitrogen and oxygen atoms in total. The molecule has 0 aliphatic carbocycles. The van der Waals surface area contributed by atoms with Crippen molar-refractivity contribution in [2.45, 2.75) is 83.6 Å². The zero-order valence-electron chi connectivity index (χ0n) is 14.6. The summed E-state index contributed by atoms with van der Waals surface area (Å²) < 4.78 is 11.2. The van der Waals surface area contributed by atoms with E-state index in [0.717, 1.165) is 45.4 Å². The van der Waals surface area contributed by atoms with E-state index in [4.69, 9.17) is 9.47 Å². The number of amides is 1. The molecule has 3 unspecified atom stereocenters. The van der Waals surface area contributed by atoms with Gasteiger partial charge in [-0.2, -0.15) is 0 Å². The first-order valence-corrected chi connectivity index (χ1v) is 8.71. The molecule has 2 heterocycles. The molecular weight excluding hydrogens is 280 g/mol. The van der Waals surface area contributed by atoms with Crippen LogP contribution in [0.1, 0.15) is 59.8 Å². The lowest BCUT2D eigenvalue weighted by atomic mass is 10.0. The van der Waals surface area contributed by atoms with Crippen LogP contribution in [0, 0.1) is 0 Å². The molecule has 2 rings (SSSR count). The Hall–Kier alpha value is -0.810. The van der Waals surface area contributed by atoms with Crippen LogP contribution in [-0.4, -0.2) is 54.5 Å². The van der Waals surface area contributed by atoms with Crippen molar-refractivity contribution in [3.05, 3.63) is 0 Å². The van der Waals surface area contributed by atoms with E-state index in [0.29, 0.717) is 18.2 Å². The van der Waals surface area contributed by atoms with E-state index >= 15 is 0 Å². The van der Waals surface area contributed by atoms with Crippen molar-refractivity contribution in [3.8, 4) is 0 Å². The minimum Gasteiger partial charge on any atom is -0.444 e. The highest BCUT2D eigenvalue weighted by atomic mass is 16.6. The van der Waals surface area contributed by atoms with Crippen molar-refractivity contribution in [1.82, 2.24) is 10.2 Å². The van der Waals surface area contributed by atoms with Gasteiger partial charge in [0.1, 0.15) is 5.60 Å². The van der Waals surface area contributed by atoms with Gasteiger partial charge in [0.2, 0.25) is 0 Å². The highest BCUT2D eigenvalue weighted by Gasteiger charge is 2.28. The average molecular weight is 312 g/mol. The maximum Gasteiger partial charge on any atom is 0.410 e. The van der Waals surface area contributed by atoms with E-state index in [9.17, 15) is 4.79 Å². The standard InChI is InChI=1S/C17H32N2O3/c1-13(15-8-6-12-21-15)18-14-7-5-10-19(11-9-14)16(20)22-17(2,3)4/h13-15,18H,5-12H2,1-4H3. The molecule has 5 heteroatoms. The van der Waals surface area contributed by atoms with E-state index in [1.165, 1.54) is 6.42 Å².